The van der Waals surface area contributed by atoms with Gasteiger partial charge in [-0.2, -0.15) is 0 Å². The molecule has 1 aliphatic rings. The van der Waals surface area contributed by atoms with Gasteiger partial charge in [0.1, 0.15) is 0 Å². The Labute approximate surface area is 144 Å². The van der Waals surface area contributed by atoms with Crippen LogP contribution in [0.25, 0.3) is 6.08 Å². The van der Waals surface area contributed by atoms with Gasteiger partial charge in [-0.15, -0.1) is 0 Å². The van der Waals surface area contributed by atoms with Gasteiger partial charge in [0.15, 0.2) is 0 Å². The van der Waals surface area contributed by atoms with Crippen molar-refractivity contribution in [3.8, 4) is 0 Å². The van der Waals surface area contributed by atoms with Crippen molar-refractivity contribution in [3.05, 3.63) is 35.4 Å². The maximum absolute atomic E-state index is 13.3. The molecule has 1 aromatic rings. The smallest absolute Gasteiger partial charge is 0.328 e. The van der Waals surface area contributed by atoms with Crippen molar-refractivity contribution in [1.29, 1.82) is 0 Å². The van der Waals surface area contributed by atoms with E-state index in [-0.39, 0.29) is 0 Å². The van der Waals surface area contributed by atoms with Crippen molar-refractivity contribution in [2.75, 3.05) is 0 Å². The van der Waals surface area contributed by atoms with Crippen LogP contribution >= 0.6 is 45.2 Å². The van der Waals surface area contributed by atoms with Gasteiger partial charge in [0.25, 0.3) is 0 Å². The monoisotopic (exact) mass is 500 g/mol. The van der Waals surface area contributed by atoms with Gasteiger partial charge in [-0.1, -0.05) is 0 Å². The lowest BCUT2D eigenvalue weighted by Gasteiger charge is -2.06. The molecule has 1 aromatic heterocycles. The van der Waals surface area contributed by atoms with Crippen LogP contribution in [0, 0.1) is 17.4 Å². The fraction of sp³-hybridized carbons (Fsp3) is 0.308. The first kappa shape index (κ1) is 16.2. The molecule has 0 bridgehead atoms. The summed E-state index contributed by atoms with van der Waals surface area (Å²) in [7, 11) is -2.54. The molecule has 0 saturated carbocycles. The number of rotatable bonds is 2. The molecule has 0 aliphatic carbocycles. The SMILES string of the molecule is CC1=N/C(=C\c2c(C)c(I)c(C)n2B(F)F)C(C)=C1I. The van der Waals surface area contributed by atoms with Gasteiger partial charge < -0.3 is 4.48 Å². The third-order valence-corrected chi connectivity index (χ3v) is 6.62. The summed E-state index contributed by atoms with van der Waals surface area (Å²) in [4.78, 5) is 4.46. The van der Waals surface area contributed by atoms with Gasteiger partial charge in [0, 0.05) is 18.5 Å². The van der Waals surface area contributed by atoms with E-state index in [0.717, 1.165) is 34.2 Å². The molecule has 0 spiro atoms. The van der Waals surface area contributed by atoms with E-state index in [1.807, 2.05) is 20.8 Å². The standard InChI is InChI=1S/C13H13BF2I2N2/c1-6-10(19-8(3)12(6)17)5-11-7(2)13(18)9(4)20(11)14(15)16/h5H,1-4H3/b10-5-. The van der Waals surface area contributed by atoms with Crippen LogP contribution in [0.4, 0.5) is 8.63 Å². The Balaban J connectivity index is 2.65. The average molecular weight is 500 g/mol. The molecule has 0 atom stereocenters. The highest BCUT2D eigenvalue weighted by molar-refractivity contribution is 14.1. The first-order valence-electron chi connectivity index (χ1n) is 6.04. The molecule has 0 amide bonds. The van der Waals surface area contributed by atoms with Crippen LogP contribution in [0.1, 0.15) is 30.8 Å². The lowest BCUT2D eigenvalue weighted by atomic mass is 10.1. The average Bonchev–Trinajstić information content (AvgIpc) is 2.74. The third kappa shape index (κ3) is 2.62. The molecule has 0 radical (unpaired) electrons. The molecule has 2 heterocycles. The molecular weight excluding hydrogens is 487 g/mol. The summed E-state index contributed by atoms with van der Waals surface area (Å²) in [5.41, 5.74) is 4.76. The van der Waals surface area contributed by atoms with Gasteiger partial charge in [-0.05, 0) is 90.1 Å². The Hall–Kier alpha value is -0.185. The van der Waals surface area contributed by atoms with E-state index in [2.05, 4.69) is 50.2 Å². The molecule has 106 valence electrons. The fourth-order valence-corrected chi connectivity index (χ4v) is 3.18. The normalized spacial score (nSPS) is 17.2. The van der Waals surface area contributed by atoms with Crippen LogP contribution in [0.3, 0.4) is 0 Å². The zero-order valence-electron chi connectivity index (χ0n) is 11.6. The molecular formula is C13H13BF2I2N2. The maximum Gasteiger partial charge on any atom is 0.677 e. The van der Waals surface area contributed by atoms with E-state index in [1.54, 1.807) is 13.0 Å². The molecule has 0 fully saturated rings. The number of hydrogen-bond acceptors (Lipinski definition) is 1. The summed E-state index contributed by atoms with van der Waals surface area (Å²) < 4.78 is 29.6. The van der Waals surface area contributed by atoms with Crippen LogP contribution in [0.15, 0.2) is 19.8 Å². The minimum absolute atomic E-state index is 0.541. The maximum atomic E-state index is 13.3. The summed E-state index contributed by atoms with van der Waals surface area (Å²) >= 11 is 4.35. The molecule has 2 nitrogen and oxygen atoms in total. The zero-order valence-corrected chi connectivity index (χ0v) is 15.9. The van der Waals surface area contributed by atoms with E-state index < -0.39 is 7.40 Å². The van der Waals surface area contributed by atoms with E-state index >= 15 is 0 Å². The van der Waals surface area contributed by atoms with E-state index in [0.29, 0.717) is 11.4 Å². The summed E-state index contributed by atoms with van der Waals surface area (Å²) in [6, 6.07) is 0. The number of hydrogen-bond donors (Lipinski definition) is 0. The Morgan fingerprint density at radius 1 is 1.15 bits per heavy atom. The molecule has 0 N–H and O–H groups in total. The molecule has 0 aromatic carbocycles. The van der Waals surface area contributed by atoms with E-state index in [4.69, 9.17) is 0 Å². The van der Waals surface area contributed by atoms with Crippen LogP contribution < -0.4 is 0 Å². The second-order valence-electron chi connectivity index (χ2n) is 4.72. The van der Waals surface area contributed by atoms with Crippen molar-refractivity contribution in [2.45, 2.75) is 27.7 Å². The molecule has 0 unspecified atom stereocenters. The number of nitrogens with zero attached hydrogens (tertiary/aromatic N) is 2. The predicted octanol–water partition coefficient (Wildman–Crippen LogP) is 5.01. The number of allylic oxidation sites excluding steroid dienone is 2. The lowest BCUT2D eigenvalue weighted by molar-refractivity contribution is 0.624. The van der Waals surface area contributed by atoms with Gasteiger partial charge in [-0.25, -0.2) is 0 Å². The highest BCUT2D eigenvalue weighted by atomic mass is 127. The van der Waals surface area contributed by atoms with Crippen molar-refractivity contribution < 1.29 is 8.63 Å². The van der Waals surface area contributed by atoms with E-state index in [9.17, 15) is 8.63 Å². The minimum Gasteiger partial charge on any atom is -0.328 e. The first-order valence-corrected chi connectivity index (χ1v) is 8.20. The van der Waals surface area contributed by atoms with E-state index in [1.165, 1.54) is 0 Å². The summed E-state index contributed by atoms with van der Waals surface area (Å²) in [6.07, 6.45) is 1.77. The Morgan fingerprint density at radius 2 is 1.75 bits per heavy atom. The van der Waals surface area contributed by atoms with Crippen molar-refractivity contribution >= 4 is 64.4 Å². The van der Waals surface area contributed by atoms with Crippen molar-refractivity contribution in [3.63, 3.8) is 0 Å². The fourth-order valence-electron chi connectivity index (χ4n) is 2.25. The van der Waals surface area contributed by atoms with Crippen LogP contribution in [0.5, 0.6) is 0 Å². The van der Waals surface area contributed by atoms with Gasteiger partial charge in [0.2, 0.25) is 0 Å². The second-order valence-corrected chi connectivity index (χ2v) is 6.88. The number of halogens is 4. The predicted molar refractivity (Wildman–Crippen MR) is 97.8 cm³/mol. The van der Waals surface area contributed by atoms with Crippen LogP contribution in [-0.4, -0.2) is 17.6 Å². The molecule has 0 saturated heterocycles. The summed E-state index contributed by atoms with van der Waals surface area (Å²) in [5, 5.41) is 0. The quantitative estimate of drug-likeness (QED) is 0.402. The van der Waals surface area contributed by atoms with Gasteiger partial charge >= 0.3 is 7.40 Å². The van der Waals surface area contributed by atoms with Gasteiger partial charge in [-0.3, -0.25) is 13.6 Å². The highest BCUT2D eigenvalue weighted by Crippen LogP contribution is 2.33. The topological polar surface area (TPSA) is 17.3 Å². The van der Waals surface area contributed by atoms with Crippen molar-refractivity contribution in [1.82, 2.24) is 4.48 Å². The first-order chi connectivity index (χ1) is 9.25. The molecule has 20 heavy (non-hydrogen) atoms. The molecule has 7 heteroatoms. The zero-order chi connectivity index (χ0) is 15.2. The Bertz CT molecular complexity index is 672. The Morgan fingerprint density at radius 3 is 2.20 bits per heavy atom. The second kappa shape index (κ2) is 5.90. The van der Waals surface area contributed by atoms with Crippen LogP contribution in [-0.2, 0) is 0 Å². The largest absolute Gasteiger partial charge is 0.677 e. The third-order valence-electron chi connectivity index (χ3n) is 3.44. The lowest BCUT2D eigenvalue weighted by Crippen LogP contribution is -2.16. The van der Waals surface area contributed by atoms with Gasteiger partial charge in [0.05, 0.1) is 11.4 Å². The minimum atomic E-state index is -2.54. The number of aromatic nitrogens is 1. The summed E-state index contributed by atoms with van der Waals surface area (Å²) in [6.45, 7) is 7.49. The highest BCUT2D eigenvalue weighted by Gasteiger charge is 2.27. The Kier molecular flexibility index (Phi) is 4.78. The summed E-state index contributed by atoms with van der Waals surface area (Å²) in [5.74, 6) is 0. The van der Waals surface area contributed by atoms with Crippen LogP contribution in [0.2, 0.25) is 0 Å². The molecule has 1 aliphatic heterocycles. The molecule has 2 rings (SSSR count). The van der Waals surface area contributed by atoms with Crippen molar-refractivity contribution in [2.24, 2.45) is 4.99 Å². The number of aliphatic imine (C=N–C) groups is 1.